The molecule has 0 aliphatic rings. The van der Waals surface area contributed by atoms with Crippen LogP contribution in [0.3, 0.4) is 0 Å². The lowest BCUT2D eigenvalue weighted by Gasteiger charge is -2.22. The van der Waals surface area contributed by atoms with Crippen LogP contribution in [0.2, 0.25) is 0 Å². The van der Waals surface area contributed by atoms with Crippen LogP contribution in [0.4, 0.5) is 0 Å². The van der Waals surface area contributed by atoms with Gasteiger partial charge in [-0.15, -0.1) is 0 Å². The molecule has 1 aromatic rings. The molecule has 0 fully saturated rings. The van der Waals surface area contributed by atoms with Crippen molar-refractivity contribution in [1.29, 1.82) is 0 Å². The van der Waals surface area contributed by atoms with Gasteiger partial charge in [0.05, 0.1) is 10.8 Å². The molecule has 0 amide bonds. The predicted octanol–water partition coefficient (Wildman–Crippen LogP) is 5.14. The maximum atomic E-state index is 12.8. The molecule has 22 heavy (non-hydrogen) atoms. The number of carbonyl (C=O) groups is 1. The summed E-state index contributed by atoms with van der Waals surface area (Å²) in [5.74, 6) is 1.63. The van der Waals surface area contributed by atoms with E-state index in [0.717, 1.165) is 4.90 Å². The molecule has 0 unspecified atom stereocenters. The average molecular weight is 323 g/mol. The molecule has 1 aromatic carbocycles. The molecule has 0 aromatic heterocycles. The first-order valence-electron chi connectivity index (χ1n) is 8.20. The molecular weight excluding hydrogens is 292 g/mol. The Morgan fingerprint density at radius 1 is 0.955 bits per heavy atom. The normalized spacial score (nSPS) is 13.2. The summed E-state index contributed by atoms with van der Waals surface area (Å²) in [5, 5.41) is 0. The fourth-order valence-corrected chi connectivity index (χ4v) is 4.28. The van der Waals surface area contributed by atoms with Gasteiger partial charge in [-0.2, -0.15) is 0 Å². The predicted molar refractivity (Wildman–Crippen MR) is 95.3 cm³/mol. The van der Waals surface area contributed by atoms with Crippen molar-refractivity contribution in [3.63, 3.8) is 0 Å². The monoisotopic (exact) mass is 322 g/mol. The number of benzene rings is 1. The van der Waals surface area contributed by atoms with Crippen molar-refractivity contribution in [3.8, 4) is 0 Å². The van der Waals surface area contributed by atoms with Gasteiger partial charge < -0.3 is 0 Å². The SMILES string of the molecule is CC(=O)CC[S@](=O)c1c(C(C)C)cc(C(C)C)cc1C(C)C. The van der Waals surface area contributed by atoms with E-state index in [-0.39, 0.29) is 5.78 Å². The third kappa shape index (κ3) is 4.77. The van der Waals surface area contributed by atoms with Crippen LogP contribution in [0, 0.1) is 0 Å². The van der Waals surface area contributed by atoms with E-state index in [0.29, 0.717) is 29.9 Å². The number of ketones is 1. The lowest BCUT2D eigenvalue weighted by atomic mass is 9.89. The summed E-state index contributed by atoms with van der Waals surface area (Å²) in [7, 11) is -1.11. The Hall–Kier alpha value is -0.960. The van der Waals surface area contributed by atoms with Crippen LogP contribution in [-0.2, 0) is 15.6 Å². The number of Topliss-reactive ketones (excluding diaryl/α,β-unsaturated/α-hetero) is 1. The Morgan fingerprint density at radius 2 is 1.41 bits per heavy atom. The first kappa shape index (κ1) is 19.1. The van der Waals surface area contributed by atoms with Crippen LogP contribution < -0.4 is 0 Å². The minimum Gasteiger partial charge on any atom is -0.300 e. The smallest absolute Gasteiger partial charge is 0.130 e. The molecule has 124 valence electrons. The van der Waals surface area contributed by atoms with Crippen molar-refractivity contribution in [2.45, 2.75) is 77.5 Å². The van der Waals surface area contributed by atoms with Gasteiger partial charge in [0.25, 0.3) is 0 Å². The molecule has 0 aliphatic heterocycles. The summed E-state index contributed by atoms with van der Waals surface area (Å²) in [6.07, 6.45) is 0.383. The van der Waals surface area contributed by atoms with Crippen LogP contribution in [-0.4, -0.2) is 15.7 Å². The Bertz CT molecular complexity index is 528. The summed E-state index contributed by atoms with van der Waals surface area (Å²) in [6, 6.07) is 4.42. The molecule has 0 saturated heterocycles. The van der Waals surface area contributed by atoms with Crippen LogP contribution >= 0.6 is 0 Å². The molecule has 0 N–H and O–H groups in total. The van der Waals surface area contributed by atoms with Crippen molar-refractivity contribution >= 4 is 16.6 Å². The average Bonchev–Trinajstić information content (AvgIpc) is 2.42. The number of hydrogen-bond acceptors (Lipinski definition) is 2. The molecule has 0 saturated carbocycles. The summed E-state index contributed by atoms with van der Waals surface area (Å²) in [6.45, 7) is 14.5. The van der Waals surface area contributed by atoms with Crippen LogP contribution in [0.15, 0.2) is 17.0 Å². The topological polar surface area (TPSA) is 34.1 Å². The van der Waals surface area contributed by atoms with Gasteiger partial charge in [0.15, 0.2) is 0 Å². The fraction of sp³-hybridized carbons (Fsp3) is 0.632. The molecular formula is C19H30O2S. The maximum absolute atomic E-state index is 12.8. The van der Waals surface area contributed by atoms with Gasteiger partial charge in [0, 0.05) is 17.1 Å². The molecule has 0 aliphatic carbocycles. The Balaban J connectivity index is 3.44. The Kier molecular flexibility index (Phi) is 6.98. The van der Waals surface area contributed by atoms with Crippen molar-refractivity contribution < 1.29 is 9.00 Å². The van der Waals surface area contributed by atoms with Gasteiger partial charge in [0.2, 0.25) is 0 Å². The van der Waals surface area contributed by atoms with Crippen molar-refractivity contribution in [1.82, 2.24) is 0 Å². The van der Waals surface area contributed by atoms with E-state index in [1.807, 2.05) is 0 Å². The quantitative estimate of drug-likeness (QED) is 0.696. The lowest BCUT2D eigenvalue weighted by molar-refractivity contribution is -0.116. The van der Waals surface area contributed by atoms with E-state index >= 15 is 0 Å². The molecule has 0 bridgehead atoms. The van der Waals surface area contributed by atoms with Gasteiger partial charge in [-0.25, -0.2) is 0 Å². The second-order valence-corrected chi connectivity index (χ2v) is 8.50. The van der Waals surface area contributed by atoms with Gasteiger partial charge in [0.1, 0.15) is 5.78 Å². The summed E-state index contributed by atoms with van der Waals surface area (Å²) < 4.78 is 12.8. The highest BCUT2D eigenvalue weighted by molar-refractivity contribution is 7.85. The van der Waals surface area contributed by atoms with Crippen molar-refractivity contribution in [2.24, 2.45) is 0 Å². The van der Waals surface area contributed by atoms with E-state index in [1.54, 1.807) is 6.92 Å². The van der Waals surface area contributed by atoms with Crippen LogP contribution in [0.25, 0.3) is 0 Å². The van der Waals surface area contributed by atoms with Crippen LogP contribution in [0.1, 0.15) is 89.3 Å². The second kappa shape index (κ2) is 8.05. The molecule has 3 heteroatoms. The zero-order chi connectivity index (χ0) is 17.0. The van der Waals surface area contributed by atoms with E-state index in [4.69, 9.17) is 0 Å². The standard InChI is InChI=1S/C19H30O2S/c1-12(2)16-10-17(13(3)4)19(18(11-16)14(5)6)22(21)9-8-15(7)20/h10-14H,8-9H2,1-7H3/t22-/m0/s1. The van der Waals surface area contributed by atoms with Crippen molar-refractivity contribution in [3.05, 3.63) is 28.8 Å². The van der Waals surface area contributed by atoms with Gasteiger partial charge in [-0.05, 0) is 41.4 Å². The minimum atomic E-state index is -1.11. The number of rotatable bonds is 7. The van der Waals surface area contributed by atoms with Gasteiger partial charge in [-0.3, -0.25) is 9.00 Å². The van der Waals surface area contributed by atoms with Gasteiger partial charge >= 0.3 is 0 Å². The highest BCUT2D eigenvalue weighted by atomic mass is 32.2. The number of carbonyl (C=O) groups excluding carboxylic acids is 1. The molecule has 1 atom stereocenters. The van der Waals surface area contributed by atoms with E-state index in [9.17, 15) is 9.00 Å². The molecule has 0 spiro atoms. The Labute approximate surface area is 138 Å². The molecule has 0 radical (unpaired) electrons. The zero-order valence-corrected chi connectivity index (χ0v) is 15.8. The molecule has 2 nitrogen and oxygen atoms in total. The summed E-state index contributed by atoms with van der Waals surface area (Å²) in [5.41, 5.74) is 3.66. The summed E-state index contributed by atoms with van der Waals surface area (Å²) >= 11 is 0. The minimum absolute atomic E-state index is 0.101. The molecule has 0 heterocycles. The van der Waals surface area contributed by atoms with E-state index in [2.05, 4.69) is 53.7 Å². The maximum Gasteiger partial charge on any atom is 0.130 e. The van der Waals surface area contributed by atoms with Gasteiger partial charge in [-0.1, -0.05) is 53.7 Å². The third-order valence-electron chi connectivity index (χ3n) is 3.95. The fourth-order valence-electron chi connectivity index (χ4n) is 2.49. The zero-order valence-electron chi connectivity index (χ0n) is 15.0. The summed E-state index contributed by atoms with van der Waals surface area (Å²) in [4.78, 5) is 12.2. The first-order chi connectivity index (χ1) is 10.1. The first-order valence-corrected chi connectivity index (χ1v) is 9.52. The van der Waals surface area contributed by atoms with E-state index < -0.39 is 10.8 Å². The number of hydrogen-bond donors (Lipinski definition) is 0. The lowest BCUT2D eigenvalue weighted by Crippen LogP contribution is -2.11. The molecule has 1 rings (SSSR count). The second-order valence-electron chi connectivity index (χ2n) is 6.99. The van der Waals surface area contributed by atoms with Crippen LogP contribution in [0.5, 0.6) is 0 Å². The Morgan fingerprint density at radius 3 is 1.73 bits per heavy atom. The largest absolute Gasteiger partial charge is 0.300 e. The highest BCUT2D eigenvalue weighted by Gasteiger charge is 2.21. The highest BCUT2D eigenvalue weighted by Crippen LogP contribution is 2.34. The van der Waals surface area contributed by atoms with E-state index in [1.165, 1.54) is 16.7 Å². The van der Waals surface area contributed by atoms with Crippen molar-refractivity contribution in [2.75, 3.05) is 5.75 Å². The third-order valence-corrected chi connectivity index (χ3v) is 5.45.